The lowest BCUT2D eigenvalue weighted by molar-refractivity contribution is -0.150. The van der Waals surface area contributed by atoms with Gasteiger partial charge in [0.2, 0.25) is 5.91 Å². The van der Waals surface area contributed by atoms with E-state index in [1.807, 2.05) is 12.2 Å². The first-order chi connectivity index (χ1) is 29.5. The van der Waals surface area contributed by atoms with Gasteiger partial charge in [-0.1, -0.05) is 202 Å². The van der Waals surface area contributed by atoms with Crippen LogP contribution in [0.4, 0.5) is 0 Å². The van der Waals surface area contributed by atoms with Gasteiger partial charge in [-0.3, -0.25) is 9.59 Å². The number of carbonyl (C=O) groups is 2. The number of hydrogen-bond donors (Lipinski definition) is 3. The van der Waals surface area contributed by atoms with Crippen molar-refractivity contribution in [2.75, 3.05) is 6.61 Å². The summed E-state index contributed by atoms with van der Waals surface area (Å²) in [5, 5.41) is 23.6. The number of carbonyl (C=O) groups excluding carboxylic acids is 2. The Bertz CT molecular complexity index is 1160. The van der Waals surface area contributed by atoms with Crippen LogP contribution in [0.15, 0.2) is 85.1 Å². The van der Waals surface area contributed by atoms with Gasteiger partial charge in [-0.2, -0.15) is 0 Å². The van der Waals surface area contributed by atoms with E-state index >= 15 is 0 Å². The molecule has 0 heterocycles. The molecule has 344 valence electrons. The fourth-order valence-electron chi connectivity index (χ4n) is 6.89. The number of esters is 1. The first-order valence-electron chi connectivity index (χ1n) is 24.8. The van der Waals surface area contributed by atoms with Crippen LogP contribution in [0.5, 0.6) is 0 Å². The van der Waals surface area contributed by atoms with E-state index in [2.05, 4.69) is 99.0 Å². The summed E-state index contributed by atoms with van der Waals surface area (Å²) in [6.45, 7) is 6.36. The zero-order valence-electron chi connectivity index (χ0n) is 39.1. The van der Waals surface area contributed by atoms with E-state index in [0.717, 1.165) is 83.5 Å². The number of aliphatic hydroxyl groups excluding tert-OH is 2. The molecule has 0 fully saturated rings. The van der Waals surface area contributed by atoms with E-state index < -0.39 is 18.2 Å². The molecule has 0 saturated carbocycles. The molecular weight excluding hydrogens is 743 g/mol. The predicted octanol–water partition coefficient (Wildman–Crippen LogP) is 14.8. The second-order valence-corrected chi connectivity index (χ2v) is 16.5. The van der Waals surface area contributed by atoms with Crippen LogP contribution in [0, 0.1) is 0 Å². The smallest absolute Gasteiger partial charge is 0.306 e. The van der Waals surface area contributed by atoms with Crippen LogP contribution in [-0.4, -0.2) is 46.9 Å². The predicted molar refractivity (Wildman–Crippen MR) is 259 cm³/mol. The van der Waals surface area contributed by atoms with Crippen molar-refractivity contribution >= 4 is 11.9 Å². The Hall–Kier alpha value is -2.96. The van der Waals surface area contributed by atoms with Crippen LogP contribution in [0.3, 0.4) is 0 Å². The molecular formula is C54H93NO5. The maximum Gasteiger partial charge on any atom is 0.306 e. The van der Waals surface area contributed by atoms with Crippen molar-refractivity contribution in [2.24, 2.45) is 0 Å². The zero-order valence-corrected chi connectivity index (χ0v) is 39.1. The molecule has 0 aliphatic rings. The van der Waals surface area contributed by atoms with E-state index in [9.17, 15) is 19.8 Å². The molecule has 3 N–H and O–H groups in total. The number of hydrogen-bond acceptors (Lipinski definition) is 5. The Balaban J connectivity index is 4.77. The van der Waals surface area contributed by atoms with Crippen LogP contribution in [0.25, 0.3) is 0 Å². The first kappa shape index (κ1) is 57.0. The molecule has 0 radical (unpaired) electrons. The minimum absolute atomic E-state index is 0.0116. The number of unbranched alkanes of at least 4 members (excludes halogenated alkanes) is 18. The molecule has 0 aromatic heterocycles. The molecule has 3 atom stereocenters. The van der Waals surface area contributed by atoms with Crippen LogP contribution >= 0.6 is 0 Å². The second kappa shape index (κ2) is 47.1. The van der Waals surface area contributed by atoms with Gasteiger partial charge in [0.15, 0.2) is 0 Å². The lowest BCUT2D eigenvalue weighted by Crippen LogP contribution is -2.46. The van der Waals surface area contributed by atoms with E-state index in [1.54, 1.807) is 0 Å². The third-order valence-electron chi connectivity index (χ3n) is 10.7. The molecule has 0 saturated heterocycles. The highest BCUT2D eigenvalue weighted by Crippen LogP contribution is 2.15. The van der Waals surface area contributed by atoms with Crippen molar-refractivity contribution < 1.29 is 24.5 Å². The van der Waals surface area contributed by atoms with Gasteiger partial charge < -0.3 is 20.3 Å². The first-order valence-corrected chi connectivity index (χ1v) is 24.8. The second-order valence-electron chi connectivity index (χ2n) is 16.5. The summed E-state index contributed by atoms with van der Waals surface area (Å²) in [6, 6.07) is -0.738. The topological polar surface area (TPSA) is 95.9 Å². The van der Waals surface area contributed by atoms with Crippen molar-refractivity contribution in [2.45, 2.75) is 238 Å². The molecule has 0 aliphatic carbocycles. The van der Waals surface area contributed by atoms with Gasteiger partial charge in [-0.15, -0.1) is 0 Å². The molecule has 0 aliphatic heterocycles. The highest BCUT2D eigenvalue weighted by molar-refractivity contribution is 5.77. The van der Waals surface area contributed by atoms with Crippen molar-refractivity contribution in [3.63, 3.8) is 0 Å². The maximum atomic E-state index is 13.1. The highest BCUT2D eigenvalue weighted by Gasteiger charge is 2.23. The number of ether oxygens (including phenoxy) is 1. The molecule has 0 aromatic rings. The van der Waals surface area contributed by atoms with Crippen LogP contribution in [-0.2, 0) is 14.3 Å². The lowest BCUT2D eigenvalue weighted by Gasteiger charge is -2.24. The fourth-order valence-corrected chi connectivity index (χ4v) is 6.89. The summed E-state index contributed by atoms with van der Waals surface area (Å²) in [5.41, 5.74) is 0. The number of nitrogens with one attached hydrogen (secondary N) is 1. The van der Waals surface area contributed by atoms with Crippen LogP contribution < -0.4 is 5.32 Å². The SMILES string of the molecule is CCCCC/C=C\C/C=C\C/C=C\C/C=C\CC(CC(=O)NC(CO)C(O)CCCCCCCCCCC)OC(=O)CCCCCC/C=C\C/C=C\C/C=C\CCCCC. The number of allylic oxidation sites excluding steroid dienone is 13. The molecule has 6 heteroatoms. The standard InChI is InChI=1S/C54H93NO5/c1-4-7-10-13-16-19-21-23-25-26-28-30-32-35-38-41-44-47-54(59)60-50(45-42-39-36-34-31-29-27-24-22-20-17-14-11-8-5-2)48-53(58)55-51(49-56)52(57)46-43-40-37-33-18-15-12-9-6-3/h16-17,19-20,23-25,27-28,30-31,34,39,42,50-52,56-57H,4-15,18,21-22,26,29,32-33,35-38,40-41,43-49H2,1-3H3,(H,55,58)/b19-16-,20-17-,25-23-,27-24-,30-28-,34-31-,42-39-. The van der Waals surface area contributed by atoms with Crippen molar-refractivity contribution in [1.29, 1.82) is 0 Å². The quantitative estimate of drug-likeness (QED) is 0.0323. The van der Waals surface area contributed by atoms with Gasteiger partial charge in [0.05, 0.1) is 25.2 Å². The Kier molecular flexibility index (Phi) is 44.8. The zero-order chi connectivity index (χ0) is 43.8. The van der Waals surface area contributed by atoms with Crippen LogP contribution in [0.1, 0.15) is 220 Å². The van der Waals surface area contributed by atoms with Gasteiger partial charge in [0.1, 0.15) is 6.10 Å². The summed E-state index contributed by atoms with van der Waals surface area (Å²) < 4.78 is 5.85. The van der Waals surface area contributed by atoms with Crippen LogP contribution in [0.2, 0.25) is 0 Å². The molecule has 0 aromatic carbocycles. The summed E-state index contributed by atoms with van der Waals surface area (Å²) in [7, 11) is 0. The number of aliphatic hydroxyl groups is 2. The van der Waals surface area contributed by atoms with Crippen molar-refractivity contribution in [3.8, 4) is 0 Å². The van der Waals surface area contributed by atoms with Gasteiger partial charge in [0.25, 0.3) is 0 Å². The van der Waals surface area contributed by atoms with Gasteiger partial charge >= 0.3 is 5.97 Å². The highest BCUT2D eigenvalue weighted by atomic mass is 16.5. The van der Waals surface area contributed by atoms with E-state index in [4.69, 9.17) is 4.74 Å². The minimum atomic E-state index is -0.817. The van der Waals surface area contributed by atoms with Crippen molar-refractivity contribution in [3.05, 3.63) is 85.1 Å². The summed E-state index contributed by atoms with van der Waals surface area (Å²) in [6.07, 6.45) is 60.8. The summed E-state index contributed by atoms with van der Waals surface area (Å²) >= 11 is 0. The Morgan fingerprint density at radius 1 is 0.500 bits per heavy atom. The summed E-state index contributed by atoms with van der Waals surface area (Å²) in [5.74, 6) is -0.609. The van der Waals surface area contributed by atoms with Gasteiger partial charge in [0, 0.05) is 12.8 Å². The molecule has 6 nitrogen and oxygen atoms in total. The molecule has 0 rings (SSSR count). The van der Waals surface area contributed by atoms with E-state index in [1.165, 1.54) is 89.9 Å². The van der Waals surface area contributed by atoms with E-state index in [0.29, 0.717) is 19.3 Å². The Labute approximate surface area is 370 Å². The molecule has 0 spiro atoms. The normalized spacial score (nSPS) is 14.0. The van der Waals surface area contributed by atoms with E-state index in [-0.39, 0.29) is 24.9 Å². The van der Waals surface area contributed by atoms with Crippen molar-refractivity contribution in [1.82, 2.24) is 5.32 Å². The lowest BCUT2D eigenvalue weighted by atomic mass is 10.0. The third kappa shape index (κ3) is 41.8. The Morgan fingerprint density at radius 2 is 0.883 bits per heavy atom. The van der Waals surface area contributed by atoms with Gasteiger partial charge in [-0.05, 0) is 83.5 Å². The Morgan fingerprint density at radius 3 is 1.37 bits per heavy atom. The third-order valence-corrected chi connectivity index (χ3v) is 10.7. The molecule has 60 heavy (non-hydrogen) atoms. The summed E-state index contributed by atoms with van der Waals surface area (Å²) in [4.78, 5) is 26.0. The molecule has 1 amide bonds. The largest absolute Gasteiger partial charge is 0.461 e. The maximum absolute atomic E-state index is 13.1. The number of rotatable bonds is 43. The average molecular weight is 836 g/mol. The monoisotopic (exact) mass is 836 g/mol. The van der Waals surface area contributed by atoms with Gasteiger partial charge in [-0.25, -0.2) is 0 Å². The average Bonchev–Trinajstić information content (AvgIpc) is 3.24. The fraction of sp³-hybridized carbons (Fsp3) is 0.704. The number of amides is 1. The molecule has 3 unspecified atom stereocenters. The minimum Gasteiger partial charge on any atom is -0.461 e. The molecule has 0 bridgehead atoms.